The van der Waals surface area contributed by atoms with E-state index in [0.717, 1.165) is 6.54 Å². The number of amides is 1. The molecule has 1 aromatic rings. The van der Waals surface area contributed by atoms with Gasteiger partial charge in [-0.25, -0.2) is 0 Å². The van der Waals surface area contributed by atoms with Gasteiger partial charge in [-0.05, 0) is 28.9 Å². The predicted molar refractivity (Wildman–Crippen MR) is 83.9 cm³/mol. The number of hydrogen-bond acceptors (Lipinski definition) is 3. The number of nitrogen functional groups attached to an aromatic ring is 1. The highest BCUT2D eigenvalue weighted by Gasteiger charge is 2.64. The van der Waals surface area contributed by atoms with Crippen molar-refractivity contribution in [2.45, 2.75) is 27.7 Å². The Kier molecular flexibility index (Phi) is 3.41. The quantitative estimate of drug-likeness (QED) is 0.747. The number of carbonyl (C=O) groups excluding carboxylic acids is 1. The molecule has 0 aromatic heterocycles. The number of halogens is 1. The number of hydrogen-bond donors (Lipinski definition) is 3. The predicted octanol–water partition coefficient (Wildman–Crippen LogP) is 3.12. The van der Waals surface area contributed by atoms with Crippen LogP contribution in [-0.4, -0.2) is 12.5 Å². The van der Waals surface area contributed by atoms with Gasteiger partial charge in [-0.15, -0.1) is 0 Å². The van der Waals surface area contributed by atoms with Gasteiger partial charge in [0.25, 0.3) is 5.91 Å². The fraction of sp³-hybridized carbons (Fsp3) is 0.533. The van der Waals surface area contributed by atoms with Crippen LogP contribution in [0.1, 0.15) is 38.1 Å². The van der Waals surface area contributed by atoms with Crippen LogP contribution in [0.3, 0.4) is 0 Å². The lowest BCUT2D eigenvalue weighted by Gasteiger charge is -2.14. The van der Waals surface area contributed by atoms with Gasteiger partial charge in [0.1, 0.15) is 0 Å². The largest absolute Gasteiger partial charge is 0.399 e. The fourth-order valence-electron chi connectivity index (χ4n) is 3.05. The van der Waals surface area contributed by atoms with E-state index in [9.17, 15) is 4.79 Å². The monoisotopic (exact) mass is 295 g/mol. The van der Waals surface area contributed by atoms with Crippen LogP contribution in [0.4, 0.5) is 11.4 Å². The van der Waals surface area contributed by atoms with Gasteiger partial charge in [-0.3, -0.25) is 4.79 Å². The Morgan fingerprint density at radius 1 is 1.30 bits per heavy atom. The van der Waals surface area contributed by atoms with Gasteiger partial charge in [0.15, 0.2) is 0 Å². The minimum atomic E-state index is -0.531. The summed E-state index contributed by atoms with van der Waals surface area (Å²) in [5, 5.41) is 3.70. The molecule has 0 aliphatic heterocycles. The lowest BCUT2D eigenvalue weighted by molar-refractivity contribution is 0.100. The summed E-state index contributed by atoms with van der Waals surface area (Å²) in [5.41, 5.74) is 13.0. The Balaban J connectivity index is 2.21. The smallest absolute Gasteiger partial charge is 0.250 e. The third-order valence-corrected chi connectivity index (χ3v) is 5.48. The van der Waals surface area contributed by atoms with Gasteiger partial charge in [-0.1, -0.05) is 39.3 Å². The molecule has 1 fully saturated rings. The number of rotatable bonds is 4. The Morgan fingerprint density at radius 3 is 2.30 bits per heavy atom. The van der Waals surface area contributed by atoms with E-state index in [-0.39, 0.29) is 10.8 Å². The molecule has 0 atom stereocenters. The summed E-state index contributed by atoms with van der Waals surface area (Å²) < 4.78 is 0. The van der Waals surface area contributed by atoms with Crippen molar-refractivity contribution in [2.75, 3.05) is 17.6 Å². The summed E-state index contributed by atoms with van der Waals surface area (Å²) in [6, 6.07) is 3.18. The van der Waals surface area contributed by atoms with Crippen molar-refractivity contribution in [1.82, 2.24) is 0 Å². The first-order chi connectivity index (χ1) is 9.09. The maximum Gasteiger partial charge on any atom is 0.250 e. The molecular formula is C15H22ClN3O. The standard InChI is InChI=1S/C15H22ClN3O/c1-14(2)11(15(14,3)4)7-19-12-9(13(18)20)5-8(17)6-10(12)16/h5-6,11,19H,7,17H2,1-4H3,(H2,18,20). The Labute approximate surface area is 124 Å². The van der Waals surface area contributed by atoms with Crippen LogP contribution >= 0.6 is 11.6 Å². The van der Waals surface area contributed by atoms with E-state index in [1.165, 1.54) is 0 Å². The normalized spacial score (nSPS) is 19.6. The molecule has 0 heterocycles. The third-order valence-electron chi connectivity index (χ3n) is 5.18. The number of anilines is 2. The average Bonchev–Trinajstić information content (AvgIpc) is 2.68. The molecule has 1 aromatic carbocycles. The first kappa shape index (κ1) is 15.0. The van der Waals surface area contributed by atoms with Crippen molar-refractivity contribution in [3.8, 4) is 0 Å². The van der Waals surface area contributed by atoms with Gasteiger partial charge in [0, 0.05) is 12.2 Å². The van der Waals surface area contributed by atoms with Crippen molar-refractivity contribution in [2.24, 2.45) is 22.5 Å². The van der Waals surface area contributed by atoms with E-state index < -0.39 is 5.91 Å². The molecule has 2 rings (SSSR count). The molecule has 110 valence electrons. The van der Waals surface area contributed by atoms with Crippen molar-refractivity contribution in [1.29, 1.82) is 0 Å². The summed E-state index contributed by atoms with van der Waals surface area (Å²) in [7, 11) is 0. The third kappa shape index (κ3) is 2.22. The zero-order valence-electron chi connectivity index (χ0n) is 12.4. The molecule has 0 spiro atoms. The highest BCUT2D eigenvalue weighted by atomic mass is 35.5. The number of nitrogens with one attached hydrogen (secondary N) is 1. The molecule has 1 aliphatic carbocycles. The summed E-state index contributed by atoms with van der Waals surface area (Å²) in [4.78, 5) is 11.5. The second kappa shape index (κ2) is 4.55. The molecule has 4 nitrogen and oxygen atoms in total. The molecule has 0 saturated heterocycles. The zero-order chi connectivity index (χ0) is 15.3. The number of nitrogens with two attached hydrogens (primary N) is 2. The van der Waals surface area contributed by atoms with Gasteiger partial charge >= 0.3 is 0 Å². The molecule has 5 N–H and O–H groups in total. The lowest BCUT2D eigenvalue weighted by Crippen LogP contribution is -2.17. The molecule has 1 saturated carbocycles. The molecule has 0 unspecified atom stereocenters. The van der Waals surface area contributed by atoms with E-state index in [1.807, 2.05) is 0 Å². The van der Waals surface area contributed by atoms with E-state index in [1.54, 1.807) is 12.1 Å². The molecule has 5 heteroatoms. The SMILES string of the molecule is CC1(C)C(CNc2c(Cl)cc(N)cc2C(N)=O)C1(C)C. The van der Waals surface area contributed by atoms with Crippen LogP contribution in [0, 0.1) is 16.7 Å². The van der Waals surface area contributed by atoms with E-state index in [0.29, 0.717) is 27.9 Å². The van der Waals surface area contributed by atoms with Gasteiger partial charge < -0.3 is 16.8 Å². The topological polar surface area (TPSA) is 81.1 Å². The minimum absolute atomic E-state index is 0.271. The van der Waals surface area contributed by atoms with Crippen molar-refractivity contribution in [3.05, 3.63) is 22.7 Å². The molecular weight excluding hydrogens is 274 g/mol. The minimum Gasteiger partial charge on any atom is -0.399 e. The Bertz CT molecular complexity index is 552. The number of benzene rings is 1. The van der Waals surface area contributed by atoms with Gasteiger partial charge in [0.2, 0.25) is 0 Å². The first-order valence-electron chi connectivity index (χ1n) is 6.71. The highest BCUT2D eigenvalue weighted by Crippen LogP contribution is 2.68. The summed E-state index contributed by atoms with van der Waals surface area (Å²) in [6.07, 6.45) is 0. The molecule has 0 radical (unpaired) electrons. The summed E-state index contributed by atoms with van der Waals surface area (Å²) >= 11 is 6.17. The molecule has 0 bridgehead atoms. The second-order valence-electron chi connectivity index (χ2n) is 6.67. The summed E-state index contributed by atoms with van der Waals surface area (Å²) in [5.74, 6) is -0.0136. The molecule has 20 heavy (non-hydrogen) atoms. The first-order valence-corrected chi connectivity index (χ1v) is 7.09. The maximum absolute atomic E-state index is 11.5. The van der Waals surface area contributed by atoms with E-state index >= 15 is 0 Å². The van der Waals surface area contributed by atoms with Crippen LogP contribution in [0.5, 0.6) is 0 Å². The fourth-order valence-corrected chi connectivity index (χ4v) is 3.34. The van der Waals surface area contributed by atoms with Crippen molar-refractivity contribution < 1.29 is 4.79 Å². The van der Waals surface area contributed by atoms with Crippen LogP contribution in [0.15, 0.2) is 12.1 Å². The van der Waals surface area contributed by atoms with Crippen LogP contribution in [-0.2, 0) is 0 Å². The van der Waals surface area contributed by atoms with Crippen LogP contribution in [0.25, 0.3) is 0 Å². The zero-order valence-corrected chi connectivity index (χ0v) is 13.1. The van der Waals surface area contributed by atoms with Crippen LogP contribution in [0.2, 0.25) is 5.02 Å². The molecule has 1 aliphatic rings. The summed E-state index contributed by atoms with van der Waals surface area (Å²) in [6.45, 7) is 9.75. The van der Waals surface area contributed by atoms with E-state index in [4.69, 9.17) is 23.1 Å². The van der Waals surface area contributed by atoms with Gasteiger partial charge in [-0.2, -0.15) is 0 Å². The van der Waals surface area contributed by atoms with Crippen molar-refractivity contribution in [3.63, 3.8) is 0 Å². The van der Waals surface area contributed by atoms with Crippen molar-refractivity contribution >= 4 is 28.9 Å². The lowest BCUT2D eigenvalue weighted by atomic mass is 10.0. The number of carbonyl (C=O) groups is 1. The molecule has 1 amide bonds. The average molecular weight is 296 g/mol. The van der Waals surface area contributed by atoms with Crippen LogP contribution < -0.4 is 16.8 Å². The number of primary amides is 1. The highest BCUT2D eigenvalue weighted by molar-refractivity contribution is 6.34. The Morgan fingerprint density at radius 2 is 1.85 bits per heavy atom. The Hall–Kier alpha value is -1.42. The van der Waals surface area contributed by atoms with Gasteiger partial charge in [0.05, 0.1) is 16.3 Å². The maximum atomic E-state index is 11.5. The van der Waals surface area contributed by atoms with E-state index in [2.05, 4.69) is 33.0 Å². The second-order valence-corrected chi connectivity index (χ2v) is 7.07.